The number of hydrogen-bond acceptors (Lipinski definition) is 4. The molecule has 6 heteroatoms. The maximum absolute atomic E-state index is 13.0. The van der Waals surface area contributed by atoms with Crippen molar-refractivity contribution in [1.82, 2.24) is 10.6 Å². The van der Waals surface area contributed by atoms with Crippen LogP contribution in [0.1, 0.15) is 70.4 Å². The predicted molar refractivity (Wildman–Crippen MR) is 107 cm³/mol. The number of esters is 1. The van der Waals surface area contributed by atoms with Gasteiger partial charge in [0.25, 0.3) is 0 Å². The number of carbonyl (C=O) groups is 2. The molecule has 0 unspecified atom stereocenters. The molecule has 1 aliphatic carbocycles. The third-order valence-corrected chi connectivity index (χ3v) is 5.25. The Morgan fingerprint density at radius 2 is 1.79 bits per heavy atom. The summed E-state index contributed by atoms with van der Waals surface area (Å²) in [6.07, 6.45) is 7.29. The van der Waals surface area contributed by atoms with E-state index >= 15 is 0 Å². The minimum absolute atomic E-state index is 0.0432. The van der Waals surface area contributed by atoms with E-state index in [1.807, 2.05) is 24.3 Å². The number of rotatable bonds is 6. The summed E-state index contributed by atoms with van der Waals surface area (Å²) in [7, 11) is 0. The molecule has 0 bridgehead atoms. The number of amides is 2. The third-order valence-electron chi connectivity index (χ3n) is 5.25. The second-order valence-corrected chi connectivity index (χ2v) is 7.51. The van der Waals surface area contributed by atoms with Gasteiger partial charge >= 0.3 is 12.0 Å². The van der Waals surface area contributed by atoms with Crippen molar-refractivity contribution < 1.29 is 19.1 Å². The second kappa shape index (κ2) is 9.62. The van der Waals surface area contributed by atoms with Crippen LogP contribution in [0.3, 0.4) is 0 Å². The monoisotopic (exact) mass is 386 g/mol. The Balaban J connectivity index is 1.78. The van der Waals surface area contributed by atoms with Gasteiger partial charge in [0.2, 0.25) is 0 Å². The Kier molecular flexibility index (Phi) is 6.95. The minimum atomic E-state index is -0.535. The molecule has 0 saturated heterocycles. The van der Waals surface area contributed by atoms with Gasteiger partial charge in [0.05, 0.1) is 18.2 Å². The Morgan fingerprint density at radius 3 is 2.43 bits per heavy atom. The fraction of sp³-hybridized carbons (Fsp3) is 0.545. The SMILES string of the molecule is CCCOc1ccc([C@@H]2NC(=O)NC(C)=C2C(=O)OC2CCCCCC2)cc1. The number of benzene rings is 1. The van der Waals surface area contributed by atoms with E-state index in [1.165, 1.54) is 12.8 Å². The van der Waals surface area contributed by atoms with Gasteiger partial charge in [-0.2, -0.15) is 0 Å². The molecule has 28 heavy (non-hydrogen) atoms. The fourth-order valence-corrected chi connectivity index (χ4v) is 3.77. The van der Waals surface area contributed by atoms with E-state index in [0.29, 0.717) is 17.9 Å². The maximum Gasteiger partial charge on any atom is 0.338 e. The van der Waals surface area contributed by atoms with E-state index in [9.17, 15) is 9.59 Å². The van der Waals surface area contributed by atoms with Crippen molar-refractivity contribution in [2.24, 2.45) is 0 Å². The molecule has 152 valence electrons. The summed E-state index contributed by atoms with van der Waals surface area (Å²) in [6.45, 7) is 4.45. The Morgan fingerprint density at radius 1 is 1.11 bits per heavy atom. The van der Waals surface area contributed by atoms with E-state index in [-0.39, 0.29) is 18.1 Å². The van der Waals surface area contributed by atoms with E-state index < -0.39 is 6.04 Å². The number of hydrogen-bond donors (Lipinski definition) is 2. The topological polar surface area (TPSA) is 76.7 Å². The normalized spacial score (nSPS) is 20.8. The highest BCUT2D eigenvalue weighted by atomic mass is 16.5. The lowest BCUT2D eigenvalue weighted by Crippen LogP contribution is -2.45. The van der Waals surface area contributed by atoms with Crippen LogP contribution in [-0.2, 0) is 9.53 Å². The summed E-state index contributed by atoms with van der Waals surface area (Å²) in [4.78, 5) is 25.0. The molecule has 0 radical (unpaired) electrons. The van der Waals surface area contributed by atoms with Gasteiger partial charge in [0.15, 0.2) is 0 Å². The quantitative estimate of drug-likeness (QED) is 0.562. The first-order valence-electron chi connectivity index (χ1n) is 10.3. The Labute approximate surface area is 166 Å². The van der Waals surface area contributed by atoms with Crippen molar-refractivity contribution in [2.75, 3.05) is 6.61 Å². The van der Waals surface area contributed by atoms with E-state index in [1.54, 1.807) is 6.92 Å². The lowest BCUT2D eigenvalue weighted by molar-refractivity contribution is -0.145. The van der Waals surface area contributed by atoms with Crippen LogP contribution in [-0.4, -0.2) is 24.7 Å². The Hall–Kier alpha value is -2.50. The standard InChI is InChI=1S/C22H30N2O4/c1-3-14-27-17-12-10-16(11-13-17)20-19(15(2)23-22(26)24-20)21(25)28-18-8-6-4-5-7-9-18/h10-13,18,20H,3-9,14H2,1-2H3,(H2,23,24,26)/t20-/m0/s1. The molecular formula is C22H30N2O4. The molecule has 1 aromatic rings. The van der Waals surface area contributed by atoms with Crippen LogP contribution in [0.5, 0.6) is 5.75 Å². The zero-order valence-electron chi connectivity index (χ0n) is 16.8. The number of urea groups is 1. The average Bonchev–Trinajstić information content (AvgIpc) is 2.94. The largest absolute Gasteiger partial charge is 0.494 e. The fourth-order valence-electron chi connectivity index (χ4n) is 3.77. The average molecular weight is 386 g/mol. The summed E-state index contributed by atoms with van der Waals surface area (Å²) in [5.74, 6) is 0.419. The van der Waals surface area contributed by atoms with Crippen molar-refractivity contribution >= 4 is 12.0 Å². The third kappa shape index (κ3) is 5.06. The number of allylic oxidation sites excluding steroid dienone is 1. The molecule has 1 aromatic carbocycles. The molecule has 3 rings (SSSR count). The molecule has 2 aliphatic rings. The second-order valence-electron chi connectivity index (χ2n) is 7.51. The van der Waals surface area contributed by atoms with Gasteiger partial charge in [-0.3, -0.25) is 0 Å². The van der Waals surface area contributed by atoms with Crippen LogP contribution in [0.25, 0.3) is 0 Å². The molecule has 2 amide bonds. The van der Waals surface area contributed by atoms with E-state index in [2.05, 4.69) is 17.6 Å². The van der Waals surface area contributed by atoms with Crippen LogP contribution in [0, 0.1) is 0 Å². The first kappa shape index (κ1) is 20.2. The summed E-state index contributed by atoms with van der Waals surface area (Å²) < 4.78 is 11.5. The van der Waals surface area contributed by atoms with Gasteiger partial charge in [-0.15, -0.1) is 0 Å². The van der Waals surface area contributed by atoms with Crippen molar-refractivity contribution in [2.45, 2.75) is 70.9 Å². The van der Waals surface area contributed by atoms with Gasteiger partial charge in [0.1, 0.15) is 11.9 Å². The number of nitrogens with one attached hydrogen (secondary N) is 2. The van der Waals surface area contributed by atoms with Crippen LogP contribution in [0.4, 0.5) is 4.79 Å². The lowest BCUT2D eigenvalue weighted by Gasteiger charge is -2.29. The molecule has 1 atom stereocenters. The zero-order chi connectivity index (χ0) is 19.9. The smallest absolute Gasteiger partial charge is 0.338 e. The summed E-state index contributed by atoms with van der Waals surface area (Å²) in [5.41, 5.74) is 1.83. The Bertz CT molecular complexity index is 719. The molecule has 0 spiro atoms. The number of ether oxygens (including phenoxy) is 2. The number of carbonyl (C=O) groups excluding carboxylic acids is 2. The van der Waals surface area contributed by atoms with Gasteiger partial charge < -0.3 is 20.1 Å². The summed E-state index contributed by atoms with van der Waals surface area (Å²) >= 11 is 0. The van der Waals surface area contributed by atoms with Crippen molar-refractivity contribution in [3.8, 4) is 5.75 Å². The van der Waals surface area contributed by atoms with Gasteiger partial charge in [-0.1, -0.05) is 31.9 Å². The van der Waals surface area contributed by atoms with Crippen LogP contribution in [0.2, 0.25) is 0 Å². The van der Waals surface area contributed by atoms with Crippen molar-refractivity contribution in [3.05, 3.63) is 41.1 Å². The molecular weight excluding hydrogens is 356 g/mol. The minimum Gasteiger partial charge on any atom is -0.494 e. The zero-order valence-corrected chi connectivity index (χ0v) is 16.8. The lowest BCUT2D eigenvalue weighted by atomic mass is 9.95. The molecule has 6 nitrogen and oxygen atoms in total. The molecule has 1 fully saturated rings. The van der Waals surface area contributed by atoms with Gasteiger partial charge in [0, 0.05) is 5.70 Å². The summed E-state index contributed by atoms with van der Waals surface area (Å²) in [5, 5.41) is 5.56. The van der Waals surface area contributed by atoms with Crippen molar-refractivity contribution in [1.29, 1.82) is 0 Å². The van der Waals surface area contributed by atoms with Gasteiger partial charge in [-0.25, -0.2) is 9.59 Å². The first-order valence-corrected chi connectivity index (χ1v) is 10.3. The molecule has 1 heterocycles. The molecule has 1 aliphatic heterocycles. The van der Waals surface area contributed by atoms with Crippen LogP contribution >= 0.6 is 0 Å². The first-order chi connectivity index (χ1) is 13.6. The molecule has 0 aromatic heterocycles. The van der Waals surface area contributed by atoms with Gasteiger partial charge in [-0.05, 0) is 56.7 Å². The van der Waals surface area contributed by atoms with Crippen LogP contribution < -0.4 is 15.4 Å². The maximum atomic E-state index is 13.0. The molecule has 2 N–H and O–H groups in total. The van der Waals surface area contributed by atoms with Crippen LogP contribution in [0.15, 0.2) is 35.5 Å². The highest BCUT2D eigenvalue weighted by Crippen LogP contribution is 2.30. The van der Waals surface area contributed by atoms with E-state index in [4.69, 9.17) is 9.47 Å². The predicted octanol–water partition coefficient (Wildman–Crippen LogP) is 4.37. The highest BCUT2D eigenvalue weighted by Gasteiger charge is 2.33. The highest BCUT2D eigenvalue weighted by molar-refractivity contribution is 5.95. The molecule has 1 saturated carbocycles. The van der Waals surface area contributed by atoms with Crippen molar-refractivity contribution in [3.63, 3.8) is 0 Å². The summed E-state index contributed by atoms with van der Waals surface area (Å²) in [6, 6.07) is 6.64. The van der Waals surface area contributed by atoms with E-state index in [0.717, 1.165) is 43.4 Å².